The Kier molecular flexibility index (Phi) is 4.43. The maximum atomic E-state index is 12.4. The number of carbonyl (C=O) groups is 1. The number of aliphatic carboxylic acids is 1. The number of carboxylic acids is 1. The zero-order valence-electron chi connectivity index (χ0n) is 11.0. The molecule has 1 aliphatic rings. The van der Waals surface area contributed by atoms with Gasteiger partial charge in [-0.15, -0.1) is 0 Å². The third kappa shape index (κ3) is 3.48. The molecular weight excluding hydrogens is 298 g/mol. The maximum Gasteiger partial charge on any atom is 0.328 e. The van der Waals surface area contributed by atoms with E-state index in [9.17, 15) is 23.4 Å². The quantitative estimate of drug-likeness (QED) is 0.646. The fourth-order valence-electron chi connectivity index (χ4n) is 2.03. The van der Waals surface area contributed by atoms with Gasteiger partial charge in [-0.3, -0.25) is 0 Å². The number of aliphatic hydroxyl groups excluding tert-OH is 2. The fourth-order valence-corrected chi connectivity index (χ4v) is 3.56. The van der Waals surface area contributed by atoms with Crippen molar-refractivity contribution in [2.24, 2.45) is 0 Å². The van der Waals surface area contributed by atoms with Crippen LogP contribution in [0, 0.1) is 0 Å². The highest BCUT2D eigenvalue weighted by molar-refractivity contribution is 7.89. The predicted molar refractivity (Wildman–Crippen MR) is 73.9 cm³/mol. The van der Waals surface area contributed by atoms with E-state index in [-0.39, 0.29) is 18.0 Å². The number of hydrogen-bond acceptors (Lipinski definition) is 5. The van der Waals surface area contributed by atoms with Gasteiger partial charge in [0, 0.05) is 19.2 Å². The Labute approximate surface area is 121 Å². The van der Waals surface area contributed by atoms with Crippen LogP contribution in [0.4, 0.5) is 0 Å². The van der Waals surface area contributed by atoms with Crippen molar-refractivity contribution in [3.05, 3.63) is 35.9 Å². The Balaban J connectivity index is 2.29. The van der Waals surface area contributed by atoms with Crippen molar-refractivity contribution in [2.75, 3.05) is 13.1 Å². The van der Waals surface area contributed by atoms with Crippen molar-refractivity contribution in [1.29, 1.82) is 0 Å². The van der Waals surface area contributed by atoms with Gasteiger partial charge in [-0.25, -0.2) is 13.2 Å². The van der Waals surface area contributed by atoms with Gasteiger partial charge in [-0.1, -0.05) is 12.1 Å². The smallest absolute Gasteiger partial charge is 0.328 e. The van der Waals surface area contributed by atoms with E-state index >= 15 is 0 Å². The number of aliphatic hydroxyl groups is 2. The molecule has 1 aromatic carbocycles. The van der Waals surface area contributed by atoms with Gasteiger partial charge in [0.15, 0.2) is 0 Å². The molecule has 2 unspecified atom stereocenters. The molecule has 1 saturated heterocycles. The highest BCUT2D eigenvalue weighted by Crippen LogP contribution is 2.22. The summed E-state index contributed by atoms with van der Waals surface area (Å²) in [6.07, 6.45) is -0.00542. The lowest BCUT2D eigenvalue weighted by atomic mass is 10.2. The number of nitrogens with zero attached hydrogens (tertiary/aromatic N) is 1. The van der Waals surface area contributed by atoms with E-state index < -0.39 is 28.2 Å². The number of sulfonamides is 1. The number of hydrogen-bond donors (Lipinski definition) is 3. The third-order valence-corrected chi connectivity index (χ3v) is 4.97. The number of carboxylic acid groups (broad SMARTS) is 1. The Hall–Kier alpha value is -1.74. The Morgan fingerprint density at radius 3 is 2.43 bits per heavy atom. The minimum Gasteiger partial charge on any atom is -0.478 e. The zero-order valence-corrected chi connectivity index (χ0v) is 11.8. The van der Waals surface area contributed by atoms with Crippen LogP contribution in [0.3, 0.4) is 0 Å². The fraction of sp³-hybridized carbons (Fsp3) is 0.308. The van der Waals surface area contributed by atoms with Crippen LogP contribution in [0.1, 0.15) is 5.56 Å². The van der Waals surface area contributed by atoms with E-state index in [4.69, 9.17) is 5.11 Å². The standard InChI is InChI=1S/C13H15NO6S/c15-11-7-14(8-12(11)16)21(19,20)10-3-1-2-9(6-10)4-5-13(17)18/h1-6,11-12,15-16H,7-8H2,(H,17,18)/b5-4+. The summed E-state index contributed by atoms with van der Waals surface area (Å²) in [7, 11) is -3.83. The number of benzene rings is 1. The van der Waals surface area contributed by atoms with E-state index in [1.807, 2.05) is 0 Å². The molecule has 0 radical (unpaired) electrons. The van der Waals surface area contributed by atoms with E-state index in [0.717, 1.165) is 10.4 Å². The lowest BCUT2D eigenvalue weighted by Gasteiger charge is -2.15. The molecule has 114 valence electrons. The van der Waals surface area contributed by atoms with Crippen LogP contribution in [0.2, 0.25) is 0 Å². The van der Waals surface area contributed by atoms with Gasteiger partial charge in [-0.05, 0) is 23.8 Å². The molecule has 1 aliphatic heterocycles. The molecule has 21 heavy (non-hydrogen) atoms. The molecule has 0 amide bonds. The molecule has 3 N–H and O–H groups in total. The first-order valence-electron chi connectivity index (χ1n) is 6.18. The molecule has 1 fully saturated rings. The van der Waals surface area contributed by atoms with Crippen molar-refractivity contribution in [3.63, 3.8) is 0 Å². The van der Waals surface area contributed by atoms with Crippen LogP contribution in [-0.2, 0) is 14.8 Å². The second-order valence-electron chi connectivity index (χ2n) is 4.70. The first-order chi connectivity index (χ1) is 9.80. The summed E-state index contributed by atoms with van der Waals surface area (Å²) in [6, 6.07) is 5.79. The largest absolute Gasteiger partial charge is 0.478 e. The second kappa shape index (κ2) is 5.94. The molecule has 1 aromatic rings. The first kappa shape index (κ1) is 15.6. The molecule has 0 aromatic heterocycles. The molecule has 8 heteroatoms. The summed E-state index contributed by atoms with van der Waals surface area (Å²) in [6.45, 7) is -0.336. The molecule has 0 aliphatic carbocycles. The van der Waals surface area contributed by atoms with Gasteiger partial charge in [0.2, 0.25) is 10.0 Å². The minimum atomic E-state index is -3.83. The van der Waals surface area contributed by atoms with Gasteiger partial charge in [0.05, 0.1) is 17.1 Å². The summed E-state index contributed by atoms with van der Waals surface area (Å²) < 4.78 is 25.8. The van der Waals surface area contributed by atoms with Crippen LogP contribution >= 0.6 is 0 Å². The van der Waals surface area contributed by atoms with E-state index in [1.54, 1.807) is 6.07 Å². The first-order valence-corrected chi connectivity index (χ1v) is 7.62. The van der Waals surface area contributed by atoms with Crippen LogP contribution in [0.15, 0.2) is 35.2 Å². The molecule has 0 spiro atoms. The van der Waals surface area contributed by atoms with Crippen LogP contribution < -0.4 is 0 Å². The lowest BCUT2D eigenvalue weighted by Crippen LogP contribution is -2.30. The molecule has 0 bridgehead atoms. The van der Waals surface area contributed by atoms with Gasteiger partial charge in [0.1, 0.15) is 0 Å². The van der Waals surface area contributed by atoms with Crippen LogP contribution in [-0.4, -0.2) is 59.3 Å². The maximum absolute atomic E-state index is 12.4. The molecule has 2 atom stereocenters. The van der Waals surface area contributed by atoms with E-state index in [1.165, 1.54) is 24.3 Å². The highest BCUT2D eigenvalue weighted by Gasteiger charge is 2.37. The summed E-state index contributed by atoms with van der Waals surface area (Å²) in [5.41, 5.74) is 0.429. The third-order valence-electron chi connectivity index (χ3n) is 3.14. The Morgan fingerprint density at radius 1 is 1.24 bits per heavy atom. The molecule has 7 nitrogen and oxygen atoms in total. The minimum absolute atomic E-state index is 0.0173. The van der Waals surface area contributed by atoms with Crippen molar-refractivity contribution in [3.8, 4) is 0 Å². The van der Waals surface area contributed by atoms with Crippen LogP contribution in [0.25, 0.3) is 6.08 Å². The summed E-state index contributed by atoms with van der Waals surface area (Å²) >= 11 is 0. The van der Waals surface area contributed by atoms with Gasteiger partial charge >= 0.3 is 5.97 Å². The summed E-state index contributed by atoms with van der Waals surface area (Å²) in [5, 5.41) is 27.5. The molecular formula is C13H15NO6S. The Morgan fingerprint density at radius 2 is 1.86 bits per heavy atom. The average molecular weight is 313 g/mol. The molecule has 2 rings (SSSR count). The summed E-state index contributed by atoms with van der Waals surface area (Å²) in [4.78, 5) is 10.4. The molecule has 0 saturated carbocycles. The normalized spacial score (nSPS) is 23.7. The summed E-state index contributed by atoms with van der Waals surface area (Å²) in [5.74, 6) is -1.13. The predicted octanol–water partition coefficient (Wildman–Crippen LogP) is -0.490. The lowest BCUT2D eigenvalue weighted by molar-refractivity contribution is -0.131. The number of β-amino-alcohol motifs (C(OH)–C–C–N with tert-alkyl or cyclic N) is 2. The van der Waals surface area contributed by atoms with E-state index in [2.05, 4.69) is 0 Å². The van der Waals surface area contributed by atoms with Crippen LogP contribution in [0.5, 0.6) is 0 Å². The van der Waals surface area contributed by atoms with Gasteiger partial charge in [0.25, 0.3) is 0 Å². The van der Waals surface area contributed by atoms with Crippen molar-refractivity contribution in [1.82, 2.24) is 4.31 Å². The average Bonchev–Trinajstić information content (AvgIpc) is 2.77. The zero-order chi connectivity index (χ0) is 15.6. The van der Waals surface area contributed by atoms with E-state index in [0.29, 0.717) is 5.56 Å². The SMILES string of the molecule is O=C(O)/C=C/c1cccc(S(=O)(=O)N2CC(O)C(O)C2)c1. The Bertz CT molecular complexity index is 659. The van der Waals surface area contributed by atoms with Crippen molar-refractivity contribution < 1.29 is 28.5 Å². The van der Waals surface area contributed by atoms with Gasteiger partial charge in [-0.2, -0.15) is 4.31 Å². The molecule has 1 heterocycles. The topological polar surface area (TPSA) is 115 Å². The van der Waals surface area contributed by atoms with Crippen molar-refractivity contribution in [2.45, 2.75) is 17.1 Å². The number of rotatable bonds is 4. The van der Waals surface area contributed by atoms with Gasteiger partial charge < -0.3 is 15.3 Å². The monoisotopic (exact) mass is 313 g/mol. The second-order valence-corrected chi connectivity index (χ2v) is 6.64. The van der Waals surface area contributed by atoms with Crippen molar-refractivity contribution >= 4 is 22.1 Å². The highest BCUT2D eigenvalue weighted by atomic mass is 32.2.